The molecule has 2 aromatic carbocycles. The average molecular weight is 502 g/mol. The highest BCUT2D eigenvalue weighted by molar-refractivity contribution is 6.30. The van der Waals surface area contributed by atoms with Crippen LogP contribution in [0.2, 0.25) is 5.02 Å². The molecule has 0 bridgehead atoms. The molecule has 0 fully saturated rings. The number of nitrogens with one attached hydrogen (secondary N) is 1. The number of carbonyl (C=O) groups is 1. The monoisotopic (exact) mass is 501 g/mol. The summed E-state index contributed by atoms with van der Waals surface area (Å²) >= 11 is 5.95. The molecule has 1 amide bonds. The van der Waals surface area contributed by atoms with E-state index in [1.807, 2.05) is 59.4 Å². The van der Waals surface area contributed by atoms with Crippen LogP contribution in [0.1, 0.15) is 22.1 Å². The van der Waals surface area contributed by atoms with Crippen molar-refractivity contribution in [3.63, 3.8) is 0 Å². The van der Waals surface area contributed by atoms with Gasteiger partial charge in [-0.2, -0.15) is 5.10 Å². The summed E-state index contributed by atoms with van der Waals surface area (Å²) in [6.07, 6.45) is 3.72. The predicted molar refractivity (Wildman–Crippen MR) is 135 cm³/mol. The first-order valence-corrected chi connectivity index (χ1v) is 11.9. The molecule has 180 valence electrons. The molecule has 1 atom stereocenters. The first-order chi connectivity index (χ1) is 17.5. The molecule has 4 heterocycles. The Kier molecular flexibility index (Phi) is 5.55. The van der Waals surface area contributed by atoms with Gasteiger partial charge in [-0.1, -0.05) is 48.0 Å². The summed E-state index contributed by atoms with van der Waals surface area (Å²) in [7, 11) is 0. The van der Waals surface area contributed by atoms with Crippen molar-refractivity contribution in [2.75, 3.05) is 13.2 Å². The third-order valence-electron chi connectivity index (χ3n) is 6.63. The van der Waals surface area contributed by atoms with Gasteiger partial charge in [-0.25, -0.2) is 9.37 Å². The highest BCUT2D eigenvalue weighted by Gasteiger charge is 2.32. The normalized spacial score (nSPS) is 14.3. The van der Waals surface area contributed by atoms with Crippen molar-refractivity contribution < 1.29 is 14.3 Å². The lowest BCUT2D eigenvalue weighted by atomic mass is 10.0. The molecule has 0 radical (unpaired) electrons. The zero-order valence-electron chi connectivity index (χ0n) is 19.0. The summed E-state index contributed by atoms with van der Waals surface area (Å²) in [5, 5.41) is 18.4. The fourth-order valence-electron chi connectivity index (χ4n) is 4.78. The van der Waals surface area contributed by atoms with Gasteiger partial charge in [0, 0.05) is 42.0 Å². The summed E-state index contributed by atoms with van der Waals surface area (Å²) in [4.78, 5) is 19.6. The number of benzene rings is 2. The van der Waals surface area contributed by atoms with Crippen LogP contribution in [0.4, 0.5) is 4.39 Å². The number of aliphatic hydroxyl groups excluding tert-OH is 1. The Balaban J connectivity index is 1.35. The number of amides is 1. The van der Waals surface area contributed by atoms with E-state index in [0.717, 1.165) is 22.1 Å². The maximum atomic E-state index is 13.7. The van der Waals surface area contributed by atoms with Gasteiger partial charge in [-0.05, 0) is 35.4 Å². The zero-order chi connectivity index (χ0) is 24.8. The Hall–Kier alpha value is -4.01. The zero-order valence-corrected chi connectivity index (χ0v) is 19.8. The second kappa shape index (κ2) is 8.89. The van der Waals surface area contributed by atoms with Gasteiger partial charge in [0.15, 0.2) is 5.65 Å². The van der Waals surface area contributed by atoms with Crippen LogP contribution in [0.5, 0.6) is 0 Å². The lowest BCUT2D eigenvalue weighted by molar-refractivity contribution is 0.0526. The third kappa shape index (κ3) is 3.75. The van der Waals surface area contributed by atoms with Crippen LogP contribution in [0.3, 0.4) is 0 Å². The van der Waals surface area contributed by atoms with E-state index < -0.39 is 11.9 Å². The van der Waals surface area contributed by atoms with Crippen molar-refractivity contribution in [3.8, 4) is 22.4 Å². The smallest absolute Gasteiger partial charge is 0.271 e. The van der Waals surface area contributed by atoms with Crippen LogP contribution >= 0.6 is 11.6 Å². The molecule has 5 aromatic rings. The van der Waals surface area contributed by atoms with E-state index in [1.165, 1.54) is 12.1 Å². The molecular formula is C27H21ClFN5O2. The molecule has 6 rings (SSSR count). The standard InChI is InChI=1S/C27H21ClFN5O2/c28-21-11-17(6-7-22(21)29)24(15-35)34-9-8-33-14-19(12-23(33)27(34)36)25-20-10-18(13-30-26(20)32-31-25)16-4-2-1-3-5-16/h1-7,10-14,24,35H,8-9,15H2,(H,30,31,32). The summed E-state index contributed by atoms with van der Waals surface area (Å²) in [6, 6.07) is 17.4. The first-order valence-electron chi connectivity index (χ1n) is 11.5. The molecular weight excluding hydrogens is 481 g/mol. The minimum Gasteiger partial charge on any atom is -0.394 e. The lowest BCUT2D eigenvalue weighted by Crippen LogP contribution is -2.43. The van der Waals surface area contributed by atoms with Gasteiger partial charge in [0.1, 0.15) is 17.2 Å². The quantitative estimate of drug-likeness (QED) is 0.352. The maximum absolute atomic E-state index is 13.7. The number of hydrogen-bond donors (Lipinski definition) is 2. The molecule has 0 saturated carbocycles. The van der Waals surface area contributed by atoms with Crippen LogP contribution < -0.4 is 0 Å². The second-order valence-electron chi connectivity index (χ2n) is 8.74. The molecule has 1 aliphatic heterocycles. The molecule has 9 heteroatoms. The predicted octanol–water partition coefficient (Wildman–Crippen LogP) is 5.08. The van der Waals surface area contributed by atoms with E-state index in [4.69, 9.17) is 11.6 Å². The number of carbonyl (C=O) groups excluding carboxylic acids is 1. The van der Waals surface area contributed by atoms with E-state index in [1.54, 1.807) is 11.0 Å². The summed E-state index contributed by atoms with van der Waals surface area (Å²) in [5.41, 5.74) is 5.26. The molecule has 36 heavy (non-hydrogen) atoms. The van der Waals surface area contributed by atoms with Crippen molar-refractivity contribution in [1.82, 2.24) is 24.6 Å². The fraction of sp³-hybridized carbons (Fsp3) is 0.148. The topological polar surface area (TPSA) is 87.0 Å². The first kappa shape index (κ1) is 22.5. The van der Waals surface area contributed by atoms with Gasteiger partial charge in [0.05, 0.1) is 17.7 Å². The fourth-order valence-corrected chi connectivity index (χ4v) is 4.97. The van der Waals surface area contributed by atoms with Crippen molar-refractivity contribution >= 4 is 28.5 Å². The Bertz CT molecular complexity index is 1600. The third-order valence-corrected chi connectivity index (χ3v) is 6.92. The second-order valence-corrected chi connectivity index (χ2v) is 9.14. The van der Waals surface area contributed by atoms with E-state index in [0.29, 0.717) is 35.7 Å². The number of aromatic amines is 1. The molecule has 0 aliphatic carbocycles. The van der Waals surface area contributed by atoms with Crippen molar-refractivity contribution in [1.29, 1.82) is 0 Å². The van der Waals surface area contributed by atoms with Crippen LogP contribution in [-0.4, -0.2) is 48.8 Å². The minimum atomic E-state index is -0.633. The van der Waals surface area contributed by atoms with Gasteiger partial charge in [0.2, 0.25) is 0 Å². The van der Waals surface area contributed by atoms with E-state index in [2.05, 4.69) is 15.2 Å². The van der Waals surface area contributed by atoms with Gasteiger partial charge in [-0.3, -0.25) is 9.89 Å². The number of fused-ring (bicyclic) bond motifs is 2. The molecule has 0 saturated heterocycles. The lowest BCUT2D eigenvalue weighted by Gasteiger charge is -2.34. The van der Waals surface area contributed by atoms with Crippen molar-refractivity contribution in [3.05, 3.63) is 95.2 Å². The Morgan fingerprint density at radius 3 is 2.67 bits per heavy atom. The Morgan fingerprint density at radius 1 is 1.06 bits per heavy atom. The maximum Gasteiger partial charge on any atom is 0.271 e. The summed E-state index contributed by atoms with van der Waals surface area (Å²) in [5.74, 6) is -0.772. The van der Waals surface area contributed by atoms with Crippen LogP contribution in [0.15, 0.2) is 73.1 Å². The van der Waals surface area contributed by atoms with Gasteiger partial charge in [0.25, 0.3) is 5.91 Å². The van der Waals surface area contributed by atoms with E-state index >= 15 is 0 Å². The summed E-state index contributed by atoms with van der Waals surface area (Å²) < 4.78 is 15.6. The van der Waals surface area contributed by atoms with E-state index in [-0.39, 0.29) is 17.5 Å². The minimum absolute atomic E-state index is 0.0463. The van der Waals surface area contributed by atoms with Gasteiger partial charge in [-0.15, -0.1) is 0 Å². The molecule has 1 aliphatic rings. The molecule has 1 unspecified atom stereocenters. The number of H-pyrrole nitrogens is 1. The number of pyridine rings is 1. The Morgan fingerprint density at radius 2 is 1.89 bits per heavy atom. The number of rotatable bonds is 5. The highest BCUT2D eigenvalue weighted by atomic mass is 35.5. The number of nitrogens with zero attached hydrogens (tertiary/aromatic N) is 4. The van der Waals surface area contributed by atoms with Crippen LogP contribution in [0.25, 0.3) is 33.4 Å². The molecule has 2 N–H and O–H groups in total. The molecule has 7 nitrogen and oxygen atoms in total. The van der Waals surface area contributed by atoms with Crippen molar-refractivity contribution in [2.45, 2.75) is 12.6 Å². The Labute approximate surface area is 210 Å². The number of aromatic nitrogens is 4. The van der Waals surface area contributed by atoms with Crippen LogP contribution in [-0.2, 0) is 6.54 Å². The van der Waals surface area contributed by atoms with E-state index in [9.17, 15) is 14.3 Å². The summed E-state index contributed by atoms with van der Waals surface area (Å²) in [6.45, 7) is 0.628. The highest BCUT2D eigenvalue weighted by Crippen LogP contribution is 2.33. The number of aliphatic hydroxyl groups is 1. The molecule has 0 spiro atoms. The largest absolute Gasteiger partial charge is 0.394 e. The average Bonchev–Trinajstić information content (AvgIpc) is 3.52. The van der Waals surface area contributed by atoms with Gasteiger partial charge < -0.3 is 14.6 Å². The van der Waals surface area contributed by atoms with Crippen molar-refractivity contribution in [2.24, 2.45) is 0 Å². The van der Waals surface area contributed by atoms with Crippen LogP contribution in [0, 0.1) is 5.82 Å². The number of halogens is 2. The SMILES string of the molecule is O=C1c2cc(-c3n[nH]c4ncc(-c5ccccc5)cc34)cn2CCN1C(CO)c1ccc(F)c(Cl)c1. The number of hydrogen-bond acceptors (Lipinski definition) is 4. The van der Waals surface area contributed by atoms with Gasteiger partial charge >= 0.3 is 0 Å². The molecule has 3 aromatic heterocycles.